The van der Waals surface area contributed by atoms with Crippen LogP contribution in [0.15, 0.2) is 168 Å². The van der Waals surface area contributed by atoms with Gasteiger partial charge in [0.1, 0.15) is 11.2 Å². The highest BCUT2D eigenvalue weighted by Gasteiger charge is 2.24. The molecule has 10 rings (SSSR count). The fourth-order valence-electron chi connectivity index (χ4n) is 8.19. The second kappa shape index (κ2) is 11.6. The second-order valence-corrected chi connectivity index (χ2v) is 13.8. The molecule has 2 aromatic heterocycles. The van der Waals surface area contributed by atoms with Crippen molar-refractivity contribution in [1.29, 1.82) is 0 Å². The molecule has 2 atom stereocenters. The fraction of sp³-hybridized carbons (Fsp3) is 0.0833. The number of aromatic nitrogens is 2. The van der Waals surface area contributed by atoms with Crippen LogP contribution >= 0.6 is 0 Å². The third-order valence-electron chi connectivity index (χ3n) is 10.8. The predicted octanol–water partition coefficient (Wildman–Crippen LogP) is 12.9. The SMILES string of the molecule is CC1=CC(c2cccc(-c3ccc(-c4cnc5c6ccccc6c6ccccc6c5n4)cc3)c2)C(C)C=C1c1cccc2c1oc1ccccc12. The number of furan rings is 1. The molecule has 0 bridgehead atoms. The summed E-state index contributed by atoms with van der Waals surface area (Å²) in [6, 6.07) is 49.6. The van der Waals surface area contributed by atoms with Crippen LogP contribution in [0.1, 0.15) is 30.9 Å². The Hall–Kier alpha value is -6.32. The largest absolute Gasteiger partial charge is 0.455 e. The normalized spacial score (nSPS) is 16.3. The molecule has 0 saturated carbocycles. The third kappa shape index (κ3) is 4.80. The molecule has 242 valence electrons. The lowest BCUT2D eigenvalue weighted by atomic mass is 9.77. The Morgan fingerprint density at radius 3 is 1.98 bits per heavy atom. The Morgan fingerprint density at radius 2 is 1.20 bits per heavy atom. The molecule has 2 heterocycles. The molecule has 0 amide bonds. The highest BCUT2D eigenvalue weighted by molar-refractivity contribution is 6.23. The maximum absolute atomic E-state index is 6.41. The van der Waals surface area contributed by atoms with Crippen LogP contribution in [0.4, 0.5) is 0 Å². The molecular formula is C48H34N2O. The first-order chi connectivity index (χ1) is 25.1. The molecular weight excluding hydrogens is 621 g/mol. The van der Waals surface area contributed by atoms with E-state index >= 15 is 0 Å². The first-order valence-corrected chi connectivity index (χ1v) is 17.7. The van der Waals surface area contributed by atoms with E-state index in [2.05, 4.69) is 159 Å². The number of nitrogens with zero attached hydrogens (tertiary/aromatic N) is 2. The first-order valence-electron chi connectivity index (χ1n) is 17.7. The molecule has 0 spiro atoms. The monoisotopic (exact) mass is 654 g/mol. The number of hydrogen-bond acceptors (Lipinski definition) is 3. The van der Waals surface area contributed by atoms with E-state index in [9.17, 15) is 0 Å². The van der Waals surface area contributed by atoms with E-state index in [4.69, 9.17) is 14.4 Å². The van der Waals surface area contributed by atoms with Crippen LogP contribution < -0.4 is 0 Å². The van der Waals surface area contributed by atoms with Crippen molar-refractivity contribution in [2.24, 2.45) is 5.92 Å². The number of benzene rings is 7. The number of rotatable bonds is 4. The summed E-state index contributed by atoms with van der Waals surface area (Å²) in [5.41, 5.74) is 13.1. The Labute approximate surface area is 296 Å². The zero-order chi connectivity index (χ0) is 34.1. The quantitative estimate of drug-likeness (QED) is 0.177. The van der Waals surface area contributed by atoms with E-state index in [-0.39, 0.29) is 5.92 Å². The zero-order valence-electron chi connectivity index (χ0n) is 28.5. The summed E-state index contributed by atoms with van der Waals surface area (Å²) in [6.07, 6.45) is 6.78. The van der Waals surface area contributed by atoms with Gasteiger partial charge in [0.05, 0.1) is 22.9 Å². The van der Waals surface area contributed by atoms with Gasteiger partial charge in [0, 0.05) is 38.6 Å². The topological polar surface area (TPSA) is 38.9 Å². The molecule has 0 saturated heterocycles. The molecule has 1 aliphatic carbocycles. The van der Waals surface area contributed by atoms with Gasteiger partial charge in [-0.3, -0.25) is 4.98 Å². The molecule has 3 heteroatoms. The molecule has 2 unspecified atom stereocenters. The molecule has 7 aromatic carbocycles. The van der Waals surface area contributed by atoms with Crippen molar-refractivity contribution in [3.05, 3.63) is 175 Å². The number of fused-ring (bicyclic) bond motifs is 9. The van der Waals surface area contributed by atoms with E-state index in [0.717, 1.165) is 55.2 Å². The fourth-order valence-corrected chi connectivity index (χ4v) is 8.19. The van der Waals surface area contributed by atoms with Gasteiger partial charge in [-0.05, 0) is 57.5 Å². The van der Waals surface area contributed by atoms with Crippen LogP contribution in [0.25, 0.3) is 82.5 Å². The molecule has 9 aromatic rings. The van der Waals surface area contributed by atoms with Crippen molar-refractivity contribution < 1.29 is 4.42 Å². The molecule has 3 nitrogen and oxygen atoms in total. The van der Waals surface area contributed by atoms with Gasteiger partial charge in [-0.1, -0.05) is 153 Å². The highest BCUT2D eigenvalue weighted by Crippen LogP contribution is 2.43. The van der Waals surface area contributed by atoms with Gasteiger partial charge in [-0.15, -0.1) is 0 Å². The van der Waals surface area contributed by atoms with Gasteiger partial charge >= 0.3 is 0 Å². The Morgan fingerprint density at radius 1 is 0.549 bits per heavy atom. The van der Waals surface area contributed by atoms with Gasteiger partial charge in [0.25, 0.3) is 0 Å². The molecule has 0 fully saturated rings. The van der Waals surface area contributed by atoms with Crippen LogP contribution in [0.5, 0.6) is 0 Å². The summed E-state index contributed by atoms with van der Waals surface area (Å²) in [4.78, 5) is 10.2. The molecule has 51 heavy (non-hydrogen) atoms. The van der Waals surface area contributed by atoms with Crippen molar-refractivity contribution in [2.45, 2.75) is 19.8 Å². The van der Waals surface area contributed by atoms with Crippen molar-refractivity contribution in [2.75, 3.05) is 0 Å². The van der Waals surface area contributed by atoms with E-state index in [1.807, 2.05) is 12.3 Å². The lowest BCUT2D eigenvalue weighted by molar-refractivity contribution is 0.633. The van der Waals surface area contributed by atoms with E-state index in [1.54, 1.807) is 0 Å². The average Bonchev–Trinajstić information content (AvgIpc) is 3.58. The van der Waals surface area contributed by atoms with Gasteiger partial charge in [-0.25, -0.2) is 4.98 Å². The first kappa shape index (κ1) is 29.6. The van der Waals surface area contributed by atoms with E-state index < -0.39 is 0 Å². The summed E-state index contributed by atoms with van der Waals surface area (Å²) < 4.78 is 6.41. The van der Waals surface area contributed by atoms with Crippen LogP contribution in [0, 0.1) is 5.92 Å². The minimum Gasteiger partial charge on any atom is -0.455 e. The molecule has 0 aliphatic heterocycles. The summed E-state index contributed by atoms with van der Waals surface area (Å²) in [5, 5.41) is 7.00. The lowest BCUT2D eigenvalue weighted by Gasteiger charge is -2.27. The van der Waals surface area contributed by atoms with Crippen LogP contribution in [0.3, 0.4) is 0 Å². The van der Waals surface area contributed by atoms with Gasteiger partial charge in [-0.2, -0.15) is 0 Å². The third-order valence-corrected chi connectivity index (χ3v) is 10.8. The maximum Gasteiger partial charge on any atom is 0.143 e. The average molecular weight is 655 g/mol. The van der Waals surface area contributed by atoms with Crippen LogP contribution in [-0.2, 0) is 0 Å². The molecule has 0 N–H and O–H groups in total. The summed E-state index contributed by atoms with van der Waals surface area (Å²) in [7, 11) is 0. The Kier molecular flexibility index (Phi) is 6.75. The van der Waals surface area contributed by atoms with E-state index in [0.29, 0.717) is 5.92 Å². The van der Waals surface area contributed by atoms with Crippen molar-refractivity contribution >= 4 is 60.1 Å². The highest BCUT2D eigenvalue weighted by atomic mass is 16.3. The van der Waals surface area contributed by atoms with Crippen molar-refractivity contribution in [1.82, 2.24) is 9.97 Å². The molecule has 1 aliphatic rings. The lowest BCUT2D eigenvalue weighted by Crippen LogP contribution is -2.11. The Bertz CT molecular complexity index is 2860. The van der Waals surface area contributed by atoms with Crippen molar-refractivity contribution in [3.8, 4) is 22.4 Å². The smallest absolute Gasteiger partial charge is 0.143 e. The maximum atomic E-state index is 6.41. The summed E-state index contributed by atoms with van der Waals surface area (Å²) in [6.45, 7) is 4.56. The van der Waals surface area contributed by atoms with Gasteiger partial charge in [0.2, 0.25) is 0 Å². The second-order valence-electron chi connectivity index (χ2n) is 13.8. The minimum atomic E-state index is 0.279. The number of hydrogen-bond donors (Lipinski definition) is 0. The molecule has 0 radical (unpaired) electrons. The van der Waals surface area contributed by atoms with Gasteiger partial charge in [0.15, 0.2) is 0 Å². The standard InChI is InChI=1S/C48H34N2O/c1-29-26-43(41-19-10-18-40-37-15-7-8-20-45(37)51-48(40)41)30(2)25-42(29)34-12-9-11-33(27-34)31-21-23-32(24-22-31)44-28-49-46-38-16-5-3-13-35(38)36-14-4-6-17-39(36)47(46)50-44/h3-29,42H,1-2H3. The minimum absolute atomic E-state index is 0.279. The van der Waals surface area contributed by atoms with Gasteiger partial charge < -0.3 is 4.42 Å². The number of allylic oxidation sites excluding steroid dienone is 4. The van der Waals surface area contributed by atoms with Crippen LogP contribution in [-0.4, -0.2) is 9.97 Å². The summed E-state index contributed by atoms with van der Waals surface area (Å²) in [5.74, 6) is 0.599. The van der Waals surface area contributed by atoms with Crippen LogP contribution in [0.2, 0.25) is 0 Å². The Balaban J connectivity index is 0.960. The zero-order valence-corrected chi connectivity index (χ0v) is 28.5. The van der Waals surface area contributed by atoms with E-state index in [1.165, 1.54) is 44.0 Å². The summed E-state index contributed by atoms with van der Waals surface area (Å²) >= 11 is 0. The number of para-hydroxylation sites is 2. The van der Waals surface area contributed by atoms with Crippen molar-refractivity contribution in [3.63, 3.8) is 0 Å². The predicted molar refractivity (Wildman–Crippen MR) is 213 cm³/mol.